The van der Waals surface area contributed by atoms with Gasteiger partial charge in [0.1, 0.15) is 18.2 Å². The van der Waals surface area contributed by atoms with E-state index in [0.29, 0.717) is 29.9 Å². The van der Waals surface area contributed by atoms with Crippen LogP contribution in [0.4, 0.5) is 23.3 Å². The number of para-hydroxylation sites is 1. The average molecular weight is 610 g/mol. The number of anilines is 4. The van der Waals surface area contributed by atoms with E-state index in [1.165, 1.54) is 6.33 Å². The number of likely N-dealkylation sites (tertiary alicyclic amines) is 1. The highest BCUT2D eigenvalue weighted by Crippen LogP contribution is 2.33. The molecule has 6 rings (SSSR count). The molecule has 45 heavy (non-hydrogen) atoms. The number of nitrogens with one attached hydrogen (secondary N) is 4. The van der Waals surface area contributed by atoms with Gasteiger partial charge in [0.2, 0.25) is 17.7 Å². The average Bonchev–Trinajstić information content (AvgIpc) is 3.73. The molecular weight excluding hydrogens is 570 g/mol. The molecule has 1 saturated heterocycles. The Morgan fingerprint density at radius 3 is 2.87 bits per heavy atom. The number of aromatic amines is 1. The van der Waals surface area contributed by atoms with Crippen LogP contribution in [0.2, 0.25) is 0 Å². The molecule has 4 N–H and O–H groups in total. The molecule has 1 unspecified atom stereocenters. The monoisotopic (exact) mass is 609 g/mol. The van der Waals surface area contributed by atoms with Crippen LogP contribution in [-0.2, 0) is 11.8 Å². The van der Waals surface area contributed by atoms with Gasteiger partial charge in [-0.2, -0.15) is 5.10 Å². The predicted molar refractivity (Wildman–Crippen MR) is 175 cm³/mol. The van der Waals surface area contributed by atoms with E-state index in [-0.39, 0.29) is 18.6 Å². The number of rotatable bonds is 12. The van der Waals surface area contributed by atoms with E-state index >= 15 is 0 Å². The Hall–Kier alpha value is -5.04. The first-order valence-corrected chi connectivity index (χ1v) is 15.3. The SMILES string of the molecule is CCCCNc1cc(OC2CCN(CC(=O)Nc3cccc4c(-c5nc(Nc6cc(C)n(C)n6)ncc5C)c[nH]c34)C2)ncn1. The van der Waals surface area contributed by atoms with Gasteiger partial charge in [0.05, 0.1) is 23.4 Å². The molecule has 0 aliphatic carbocycles. The van der Waals surface area contributed by atoms with Crippen molar-refractivity contribution in [2.75, 3.05) is 42.1 Å². The molecule has 13 nitrogen and oxygen atoms in total. The number of carbonyl (C=O) groups excluding carboxylic acids is 1. The summed E-state index contributed by atoms with van der Waals surface area (Å²) in [4.78, 5) is 36.4. The minimum atomic E-state index is -0.0842. The molecular formula is C32H39N11O2. The van der Waals surface area contributed by atoms with Crippen LogP contribution in [0.5, 0.6) is 5.88 Å². The predicted octanol–water partition coefficient (Wildman–Crippen LogP) is 4.81. The summed E-state index contributed by atoms with van der Waals surface area (Å²) >= 11 is 0. The molecule has 1 atom stereocenters. The van der Waals surface area contributed by atoms with Gasteiger partial charge in [-0.05, 0) is 38.3 Å². The first-order chi connectivity index (χ1) is 21.9. The lowest BCUT2D eigenvalue weighted by atomic mass is 10.1. The summed E-state index contributed by atoms with van der Waals surface area (Å²) in [6.45, 7) is 8.67. The van der Waals surface area contributed by atoms with Gasteiger partial charge in [0.15, 0.2) is 5.82 Å². The standard InChI is InChI=1S/C32H39N11O2/c1-5-6-11-33-26-14-29(37-19-36-26)45-22-10-12-43(17-22)18-28(44)38-25-9-7-8-23-24(16-34-31(23)25)30-20(2)15-35-32(40-30)39-27-13-21(3)42(4)41-27/h7-9,13-16,19,22,34H,5-6,10-12,17-18H2,1-4H3,(H,38,44)(H,33,36,37)(H,35,39,40,41). The quantitative estimate of drug-likeness (QED) is 0.145. The molecule has 0 bridgehead atoms. The van der Waals surface area contributed by atoms with Crippen LogP contribution in [0.3, 0.4) is 0 Å². The molecule has 1 amide bonds. The lowest BCUT2D eigenvalue weighted by molar-refractivity contribution is -0.117. The van der Waals surface area contributed by atoms with Crippen LogP contribution < -0.4 is 20.7 Å². The largest absolute Gasteiger partial charge is 0.473 e. The fraction of sp³-hybridized carbons (Fsp3) is 0.375. The van der Waals surface area contributed by atoms with Crippen molar-refractivity contribution in [2.45, 2.75) is 46.1 Å². The summed E-state index contributed by atoms with van der Waals surface area (Å²) in [5.74, 6) is 2.37. The number of ether oxygens (including phenoxy) is 1. The molecule has 5 aromatic rings. The number of unbranched alkanes of at least 4 members (excludes halogenated alkanes) is 1. The normalized spacial score (nSPS) is 15.0. The molecule has 1 fully saturated rings. The van der Waals surface area contributed by atoms with E-state index < -0.39 is 0 Å². The van der Waals surface area contributed by atoms with Crippen LogP contribution in [0.15, 0.2) is 49.1 Å². The van der Waals surface area contributed by atoms with Gasteiger partial charge < -0.3 is 25.7 Å². The van der Waals surface area contributed by atoms with E-state index in [1.54, 1.807) is 10.9 Å². The number of hydrogen-bond donors (Lipinski definition) is 4. The van der Waals surface area contributed by atoms with Crippen molar-refractivity contribution in [1.29, 1.82) is 0 Å². The molecule has 0 radical (unpaired) electrons. The van der Waals surface area contributed by atoms with E-state index in [9.17, 15) is 4.79 Å². The van der Waals surface area contributed by atoms with E-state index in [4.69, 9.17) is 9.72 Å². The van der Waals surface area contributed by atoms with Crippen molar-refractivity contribution < 1.29 is 9.53 Å². The highest BCUT2D eigenvalue weighted by atomic mass is 16.5. The summed E-state index contributed by atoms with van der Waals surface area (Å²) in [5, 5.41) is 15.0. The molecule has 13 heteroatoms. The molecule has 0 spiro atoms. The third kappa shape index (κ3) is 7.04. The van der Waals surface area contributed by atoms with Crippen molar-refractivity contribution in [3.05, 3.63) is 60.3 Å². The summed E-state index contributed by atoms with van der Waals surface area (Å²) < 4.78 is 7.92. The fourth-order valence-corrected chi connectivity index (χ4v) is 5.46. The molecule has 0 saturated carbocycles. The van der Waals surface area contributed by atoms with E-state index in [0.717, 1.165) is 71.6 Å². The molecule has 1 aromatic carbocycles. The number of aryl methyl sites for hydroxylation is 3. The Kier molecular flexibility index (Phi) is 8.87. The number of aromatic nitrogens is 7. The summed E-state index contributed by atoms with van der Waals surface area (Å²) in [5.41, 5.74) is 5.24. The van der Waals surface area contributed by atoms with Gasteiger partial charge in [0, 0.05) is 67.9 Å². The van der Waals surface area contributed by atoms with Gasteiger partial charge in [0.25, 0.3) is 0 Å². The van der Waals surface area contributed by atoms with Crippen LogP contribution in [0.1, 0.15) is 37.4 Å². The van der Waals surface area contributed by atoms with Crippen LogP contribution in [0, 0.1) is 13.8 Å². The van der Waals surface area contributed by atoms with E-state index in [1.807, 2.05) is 57.4 Å². The van der Waals surface area contributed by atoms with Gasteiger partial charge in [-0.3, -0.25) is 14.4 Å². The number of nitrogens with zero attached hydrogens (tertiary/aromatic N) is 7. The zero-order valence-electron chi connectivity index (χ0n) is 26.1. The number of benzene rings is 1. The first-order valence-electron chi connectivity index (χ1n) is 15.3. The Labute approximate surface area is 261 Å². The Bertz CT molecular complexity index is 1780. The second-order valence-electron chi connectivity index (χ2n) is 11.4. The fourth-order valence-electron chi connectivity index (χ4n) is 5.46. The van der Waals surface area contributed by atoms with Gasteiger partial charge >= 0.3 is 0 Å². The van der Waals surface area contributed by atoms with Crippen molar-refractivity contribution in [1.82, 2.24) is 39.6 Å². The number of fused-ring (bicyclic) bond motifs is 1. The Morgan fingerprint density at radius 2 is 2.04 bits per heavy atom. The Balaban J connectivity index is 1.09. The first kappa shape index (κ1) is 30.0. The molecule has 1 aliphatic rings. The minimum absolute atomic E-state index is 0.0391. The number of hydrogen-bond acceptors (Lipinski definition) is 10. The lowest BCUT2D eigenvalue weighted by Crippen LogP contribution is -2.33. The van der Waals surface area contributed by atoms with Gasteiger partial charge in [-0.15, -0.1) is 0 Å². The highest BCUT2D eigenvalue weighted by molar-refractivity contribution is 6.06. The second kappa shape index (κ2) is 13.3. The number of H-pyrrole nitrogens is 1. The molecule has 1 aliphatic heterocycles. The van der Waals surface area contributed by atoms with Crippen LogP contribution in [0.25, 0.3) is 22.2 Å². The third-order valence-electron chi connectivity index (χ3n) is 7.93. The van der Waals surface area contributed by atoms with Crippen LogP contribution >= 0.6 is 0 Å². The summed E-state index contributed by atoms with van der Waals surface area (Å²) in [6, 6.07) is 9.64. The van der Waals surface area contributed by atoms with E-state index in [2.05, 4.69) is 52.8 Å². The van der Waals surface area contributed by atoms with Crippen molar-refractivity contribution in [3.8, 4) is 17.1 Å². The number of carbonyl (C=O) groups is 1. The van der Waals surface area contributed by atoms with Crippen molar-refractivity contribution in [3.63, 3.8) is 0 Å². The van der Waals surface area contributed by atoms with Crippen LogP contribution in [-0.4, -0.2) is 77.8 Å². The number of amides is 1. The maximum Gasteiger partial charge on any atom is 0.238 e. The summed E-state index contributed by atoms with van der Waals surface area (Å²) in [7, 11) is 1.89. The third-order valence-corrected chi connectivity index (χ3v) is 7.93. The molecule has 5 heterocycles. The second-order valence-corrected chi connectivity index (χ2v) is 11.4. The van der Waals surface area contributed by atoms with Gasteiger partial charge in [-0.25, -0.2) is 19.9 Å². The van der Waals surface area contributed by atoms with Crippen molar-refractivity contribution in [2.24, 2.45) is 7.05 Å². The van der Waals surface area contributed by atoms with Crippen molar-refractivity contribution >= 4 is 40.1 Å². The molecule has 4 aromatic heterocycles. The van der Waals surface area contributed by atoms with Gasteiger partial charge in [-0.1, -0.05) is 25.5 Å². The Morgan fingerprint density at radius 1 is 1.16 bits per heavy atom. The minimum Gasteiger partial charge on any atom is -0.473 e. The maximum absolute atomic E-state index is 13.1. The smallest absolute Gasteiger partial charge is 0.238 e. The zero-order valence-corrected chi connectivity index (χ0v) is 26.1. The lowest BCUT2D eigenvalue weighted by Gasteiger charge is -2.17. The summed E-state index contributed by atoms with van der Waals surface area (Å²) in [6.07, 6.45) is 8.21. The topological polar surface area (TPSA) is 151 Å². The maximum atomic E-state index is 13.1. The highest BCUT2D eigenvalue weighted by Gasteiger charge is 2.26. The zero-order chi connectivity index (χ0) is 31.3. The molecule has 234 valence electrons.